The predicted molar refractivity (Wildman–Crippen MR) is 61.8 cm³/mol. The third-order valence-electron chi connectivity index (χ3n) is 2.52. The van der Waals surface area contributed by atoms with Gasteiger partial charge in [-0.2, -0.15) is 0 Å². The number of hydrogen-bond acceptors (Lipinski definition) is 5. The molecule has 1 aliphatic rings. The second kappa shape index (κ2) is 5.08. The van der Waals surface area contributed by atoms with Crippen LogP contribution in [-0.4, -0.2) is 24.8 Å². The van der Waals surface area contributed by atoms with Gasteiger partial charge in [0.15, 0.2) is 6.10 Å². The van der Waals surface area contributed by atoms with Crippen LogP contribution in [0.4, 0.5) is 4.79 Å². The molecule has 95 valence electrons. The van der Waals surface area contributed by atoms with Crippen LogP contribution in [0.5, 0.6) is 0 Å². The summed E-state index contributed by atoms with van der Waals surface area (Å²) in [6, 6.07) is 6.96. The van der Waals surface area contributed by atoms with Gasteiger partial charge in [-0.15, -0.1) is 0 Å². The van der Waals surface area contributed by atoms with Crippen LogP contribution < -0.4 is 0 Å². The lowest BCUT2D eigenvalue weighted by molar-refractivity contribution is 0.00917. The van der Waals surface area contributed by atoms with Crippen LogP contribution in [-0.2, 0) is 14.2 Å². The molecule has 1 aromatic rings. The summed E-state index contributed by atoms with van der Waals surface area (Å²) in [6.07, 6.45) is -1.11. The minimum absolute atomic E-state index is 0.233. The van der Waals surface area contributed by atoms with E-state index in [0.717, 1.165) is 0 Å². The van der Waals surface area contributed by atoms with Gasteiger partial charge in [-0.3, -0.25) is 0 Å². The van der Waals surface area contributed by atoms with E-state index in [9.17, 15) is 9.59 Å². The van der Waals surface area contributed by atoms with E-state index in [-0.39, 0.29) is 6.61 Å². The van der Waals surface area contributed by atoms with E-state index in [4.69, 9.17) is 9.47 Å². The number of carbonyl (C=O) groups excluding carboxylic acids is 2. The maximum atomic E-state index is 11.6. The second-order valence-electron chi connectivity index (χ2n) is 3.74. The average molecular weight is 249 g/mol. The van der Waals surface area contributed by atoms with Crippen LogP contribution in [0.2, 0.25) is 0 Å². The zero-order valence-corrected chi connectivity index (χ0v) is 10.1. The summed E-state index contributed by atoms with van der Waals surface area (Å²) < 4.78 is 14.8. The van der Waals surface area contributed by atoms with Gasteiger partial charge in [0.1, 0.15) is 0 Å². The molecule has 1 radical (unpaired) electrons. The van der Waals surface area contributed by atoms with Crippen LogP contribution in [0.25, 0.3) is 0 Å². The van der Waals surface area contributed by atoms with E-state index in [2.05, 4.69) is 4.74 Å². The van der Waals surface area contributed by atoms with Gasteiger partial charge in [0.05, 0.1) is 12.2 Å². The van der Waals surface area contributed by atoms with Gasteiger partial charge in [-0.1, -0.05) is 18.2 Å². The molecule has 5 nitrogen and oxygen atoms in total. The second-order valence-corrected chi connectivity index (χ2v) is 3.74. The van der Waals surface area contributed by atoms with Crippen LogP contribution in [0.15, 0.2) is 24.3 Å². The Balaban J connectivity index is 2.11. The zero-order chi connectivity index (χ0) is 13.1. The molecular formula is C13H13O5. The molecule has 1 heterocycles. The standard InChI is InChI=1S/C13H13O5/c1-3-16-13(15)17-8(2)11-9-6-4-5-7-10(9)12(14)18-11/h4-8H,3H2,1-2H3. The molecule has 2 rings (SSSR count). The zero-order valence-electron chi connectivity index (χ0n) is 10.1. The summed E-state index contributed by atoms with van der Waals surface area (Å²) in [5.74, 6) is -0.431. The number of rotatable bonds is 3. The van der Waals surface area contributed by atoms with E-state index in [1.807, 2.05) is 0 Å². The Morgan fingerprint density at radius 2 is 2.00 bits per heavy atom. The number of esters is 1. The molecule has 0 aliphatic carbocycles. The highest BCUT2D eigenvalue weighted by atomic mass is 16.7. The molecule has 0 spiro atoms. The Bertz CT molecular complexity index is 468. The highest BCUT2D eigenvalue weighted by Crippen LogP contribution is 2.33. The molecule has 1 aromatic carbocycles. The highest BCUT2D eigenvalue weighted by molar-refractivity contribution is 5.96. The quantitative estimate of drug-likeness (QED) is 0.769. The van der Waals surface area contributed by atoms with Crippen molar-refractivity contribution in [3.05, 3.63) is 41.5 Å². The van der Waals surface area contributed by atoms with Gasteiger partial charge < -0.3 is 14.2 Å². The fourth-order valence-corrected chi connectivity index (χ4v) is 1.74. The SMILES string of the molecule is CCOC(=O)OC(C)[C]1OC(=O)c2ccccc21. The molecule has 0 saturated carbocycles. The third kappa shape index (κ3) is 2.30. The van der Waals surface area contributed by atoms with Crippen molar-refractivity contribution < 1.29 is 23.8 Å². The van der Waals surface area contributed by atoms with Gasteiger partial charge in [-0.25, -0.2) is 9.59 Å². The first-order chi connectivity index (χ1) is 8.63. The van der Waals surface area contributed by atoms with Crippen molar-refractivity contribution in [2.24, 2.45) is 0 Å². The fraction of sp³-hybridized carbons (Fsp3) is 0.308. The number of cyclic esters (lactones) is 1. The van der Waals surface area contributed by atoms with Crippen molar-refractivity contribution in [2.75, 3.05) is 6.61 Å². The molecule has 1 unspecified atom stereocenters. The Kier molecular flexibility index (Phi) is 3.50. The molecule has 0 aromatic heterocycles. The molecule has 0 bridgehead atoms. The maximum Gasteiger partial charge on any atom is 0.508 e. The van der Waals surface area contributed by atoms with Crippen molar-refractivity contribution in [1.82, 2.24) is 0 Å². The minimum Gasteiger partial charge on any atom is -0.442 e. The Morgan fingerprint density at radius 1 is 1.33 bits per heavy atom. The first kappa shape index (κ1) is 12.4. The molecule has 1 aliphatic heterocycles. The lowest BCUT2D eigenvalue weighted by atomic mass is 10.0. The summed E-state index contributed by atoms with van der Waals surface area (Å²) >= 11 is 0. The smallest absolute Gasteiger partial charge is 0.442 e. The highest BCUT2D eigenvalue weighted by Gasteiger charge is 2.38. The molecule has 0 saturated heterocycles. The van der Waals surface area contributed by atoms with Gasteiger partial charge in [0, 0.05) is 5.56 Å². The first-order valence-corrected chi connectivity index (χ1v) is 5.65. The number of ether oxygens (including phenoxy) is 3. The minimum atomic E-state index is -0.780. The van der Waals surface area contributed by atoms with Crippen molar-refractivity contribution >= 4 is 12.1 Å². The first-order valence-electron chi connectivity index (χ1n) is 5.65. The van der Waals surface area contributed by atoms with Gasteiger partial charge in [0.25, 0.3) is 0 Å². The fourth-order valence-electron chi connectivity index (χ4n) is 1.74. The third-order valence-corrected chi connectivity index (χ3v) is 2.52. The Morgan fingerprint density at radius 3 is 2.67 bits per heavy atom. The van der Waals surface area contributed by atoms with Crippen molar-refractivity contribution in [2.45, 2.75) is 20.0 Å². The normalized spacial score (nSPS) is 15.8. The summed E-state index contributed by atoms with van der Waals surface area (Å²) in [7, 11) is 0. The summed E-state index contributed by atoms with van der Waals surface area (Å²) in [5, 5.41) is 0. The maximum absolute atomic E-state index is 11.6. The van der Waals surface area contributed by atoms with E-state index in [1.165, 1.54) is 0 Å². The van der Waals surface area contributed by atoms with Crippen LogP contribution in [0.3, 0.4) is 0 Å². The largest absolute Gasteiger partial charge is 0.508 e. The Labute approximate surface area is 105 Å². The van der Waals surface area contributed by atoms with Crippen LogP contribution >= 0.6 is 0 Å². The molecule has 0 N–H and O–H groups in total. The van der Waals surface area contributed by atoms with Crippen molar-refractivity contribution in [1.29, 1.82) is 0 Å². The summed E-state index contributed by atoms with van der Waals surface area (Å²) in [5.41, 5.74) is 1.13. The van der Waals surface area contributed by atoms with Crippen LogP contribution in [0, 0.1) is 6.10 Å². The monoisotopic (exact) mass is 249 g/mol. The molecule has 5 heteroatoms. The van der Waals surface area contributed by atoms with Gasteiger partial charge in [0.2, 0.25) is 6.10 Å². The van der Waals surface area contributed by atoms with Crippen molar-refractivity contribution in [3.8, 4) is 0 Å². The lowest BCUT2D eigenvalue weighted by Gasteiger charge is -2.17. The number of carbonyl (C=O) groups is 2. The van der Waals surface area contributed by atoms with Crippen molar-refractivity contribution in [3.63, 3.8) is 0 Å². The van der Waals surface area contributed by atoms with E-state index in [0.29, 0.717) is 17.2 Å². The van der Waals surface area contributed by atoms with Crippen LogP contribution in [0.1, 0.15) is 29.8 Å². The summed E-state index contributed by atoms with van der Waals surface area (Å²) in [4.78, 5) is 22.8. The number of hydrogen-bond donors (Lipinski definition) is 0. The predicted octanol–water partition coefficient (Wildman–Crippen LogP) is 2.30. The van der Waals surface area contributed by atoms with Gasteiger partial charge >= 0.3 is 12.1 Å². The van der Waals surface area contributed by atoms with Gasteiger partial charge in [-0.05, 0) is 19.9 Å². The topological polar surface area (TPSA) is 61.8 Å². The molecular weight excluding hydrogens is 236 g/mol. The van der Waals surface area contributed by atoms with E-state index >= 15 is 0 Å². The number of fused-ring (bicyclic) bond motifs is 1. The lowest BCUT2D eigenvalue weighted by Crippen LogP contribution is -2.24. The Hall–Kier alpha value is -2.04. The molecule has 1 atom stereocenters. The molecule has 18 heavy (non-hydrogen) atoms. The van der Waals surface area contributed by atoms with E-state index in [1.54, 1.807) is 38.1 Å². The average Bonchev–Trinajstić information content (AvgIpc) is 2.68. The number of benzene rings is 1. The van der Waals surface area contributed by atoms with E-state index < -0.39 is 18.2 Å². The summed E-state index contributed by atoms with van der Waals surface area (Å²) in [6.45, 7) is 3.54. The molecule has 0 fully saturated rings. The molecule has 0 amide bonds.